The van der Waals surface area contributed by atoms with Crippen molar-refractivity contribution in [3.63, 3.8) is 0 Å². The highest BCUT2D eigenvalue weighted by atomic mass is 32.1. The molecule has 1 fully saturated rings. The molecule has 0 unspecified atom stereocenters. The van der Waals surface area contributed by atoms with Crippen molar-refractivity contribution in [3.05, 3.63) is 48.9 Å². The largest absolute Gasteiger partial charge is 0.353 e. The molecule has 9 nitrogen and oxygen atoms in total. The van der Waals surface area contributed by atoms with Crippen LogP contribution in [-0.4, -0.2) is 61.0 Å². The standard InChI is InChI=1S/C23H25FN8OS/c1-2-31-9-4-6-17(31)22(33)26-8-10-32-14-29-16-12-27-20(11-18(16)32)30-23-28-13-19(34-23)21-15(24)5-3-7-25-21/h3,5,7,11-14,17H,2,4,6,8-10H2,1H3,(H,26,33)(H,27,28,30)/t17-/m0/s1. The van der Waals surface area contributed by atoms with Gasteiger partial charge in [-0.25, -0.2) is 19.3 Å². The molecule has 1 saturated heterocycles. The first-order valence-corrected chi connectivity index (χ1v) is 12.1. The maximum atomic E-state index is 14.0. The van der Waals surface area contributed by atoms with Crippen LogP contribution in [0.4, 0.5) is 15.3 Å². The van der Waals surface area contributed by atoms with E-state index in [1.54, 1.807) is 31.0 Å². The highest BCUT2D eigenvalue weighted by molar-refractivity contribution is 7.18. The van der Waals surface area contributed by atoms with Crippen LogP contribution in [0.2, 0.25) is 0 Å². The molecule has 0 radical (unpaired) electrons. The Kier molecular flexibility index (Phi) is 6.45. The van der Waals surface area contributed by atoms with Crippen LogP contribution in [0.15, 0.2) is 43.1 Å². The van der Waals surface area contributed by atoms with E-state index in [0.717, 1.165) is 37.0 Å². The molecule has 0 bridgehead atoms. The van der Waals surface area contributed by atoms with Crippen molar-refractivity contribution in [2.45, 2.75) is 32.4 Å². The van der Waals surface area contributed by atoms with Crippen LogP contribution in [0.5, 0.6) is 0 Å². The lowest BCUT2D eigenvalue weighted by molar-refractivity contribution is -0.125. The number of hydrogen-bond donors (Lipinski definition) is 2. The normalized spacial score (nSPS) is 16.2. The summed E-state index contributed by atoms with van der Waals surface area (Å²) >= 11 is 1.30. The SMILES string of the molecule is CCN1CCC[C@H]1C(=O)NCCn1cnc2cnc(Nc3ncc(-c4ncccc4F)s3)cc21. The topological polar surface area (TPSA) is 101 Å². The van der Waals surface area contributed by atoms with Crippen molar-refractivity contribution in [2.75, 3.05) is 25.0 Å². The van der Waals surface area contributed by atoms with E-state index in [4.69, 9.17) is 0 Å². The molecular weight excluding hydrogens is 455 g/mol. The van der Waals surface area contributed by atoms with Crippen molar-refractivity contribution in [1.29, 1.82) is 0 Å². The van der Waals surface area contributed by atoms with E-state index in [1.807, 2.05) is 10.6 Å². The predicted octanol–water partition coefficient (Wildman–Crippen LogP) is 3.43. The van der Waals surface area contributed by atoms with E-state index < -0.39 is 0 Å². The Morgan fingerprint density at radius 1 is 1.26 bits per heavy atom. The molecular formula is C23H25FN8OS. The van der Waals surface area contributed by atoms with Crippen molar-refractivity contribution < 1.29 is 9.18 Å². The Labute approximate surface area is 200 Å². The highest BCUT2D eigenvalue weighted by Crippen LogP contribution is 2.30. The van der Waals surface area contributed by atoms with Gasteiger partial charge in [0.15, 0.2) is 5.13 Å². The zero-order valence-electron chi connectivity index (χ0n) is 18.7. The maximum Gasteiger partial charge on any atom is 0.237 e. The van der Waals surface area contributed by atoms with Gasteiger partial charge in [-0.3, -0.25) is 14.7 Å². The van der Waals surface area contributed by atoms with Gasteiger partial charge in [0.2, 0.25) is 5.91 Å². The van der Waals surface area contributed by atoms with E-state index >= 15 is 0 Å². The summed E-state index contributed by atoms with van der Waals surface area (Å²) in [6.07, 6.45) is 8.57. The van der Waals surface area contributed by atoms with Crippen molar-refractivity contribution in [1.82, 2.24) is 34.7 Å². The third-order valence-corrected chi connectivity index (χ3v) is 6.88. The summed E-state index contributed by atoms with van der Waals surface area (Å²) in [5.74, 6) is 0.311. The lowest BCUT2D eigenvalue weighted by Gasteiger charge is -2.21. The number of likely N-dealkylation sites (N-methyl/N-ethyl adjacent to an activating group) is 1. The molecule has 4 aromatic rings. The van der Waals surface area contributed by atoms with Crippen LogP contribution in [0.1, 0.15) is 19.8 Å². The Morgan fingerprint density at radius 2 is 2.18 bits per heavy atom. The first kappa shape index (κ1) is 22.4. The average Bonchev–Trinajstić information content (AvgIpc) is 3.59. The Bertz CT molecular complexity index is 1310. The van der Waals surface area contributed by atoms with Crippen LogP contribution in [0.25, 0.3) is 21.6 Å². The van der Waals surface area contributed by atoms with Crippen molar-refractivity contribution in [3.8, 4) is 10.6 Å². The molecule has 2 N–H and O–H groups in total. The van der Waals surface area contributed by atoms with Gasteiger partial charge >= 0.3 is 0 Å². The van der Waals surface area contributed by atoms with Gasteiger partial charge in [-0.05, 0) is 38.1 Å². The number of halogens is 1. The Balaban J connectivity index is 1.25. The number of likely N-dealkylation sites (tertiary alicyclic amines) is 1. The van der Waals surface area contributed by atoms with Gasteiger partial charge in [-0.1, -0.05) is 18.3 Å². The molecule has 176 valence electrons. The van der Waals surface area contributed by atoms with E-state index in [9.17, 15) is 9.18 Å². The minimum atomic E-state index is -0.386. The summed E-state index contributed by atoms with van der Waals surface area (Å²) in [6, 6.07) is 4.80. The Morgan fingerprint density at radius 3 is 3.03 bits per heavy atom. The minimum absolute atomic E-state index is 0.0210. The second kappa shape index (κ2) is 9.82. The number of nitrogens with zero attached hydrogens (tertiary/aromatic N) is 6. The lowest BCUT2D eigenvalue weighted by atomic mass is 10.2. The van der Waals surface area contributed by atoms with Gasteiger partial charge in [0, 0.05) is 31.5 Å². The second-order valence-corrected chi connectivity index (χ2v) is 9.09. The molecule has 1 aliphatic rings. The van der Waals surface area contributed by atoms with Gasteiger partial charge in [0.1, 0.15) is 22.8 Å². The van der Waals surface area contributed by atoms with Gasteiger partial charge < -0.3 is 15.2 Å². The first-order valence-electron chi connectivity index (χ1n) is 11.3. The van der Waals surface area contributed by atoms with Gasteiger partial charge in [-0.15, -0.1) is 0 Å². The molecule has 0 aromatic carbocycles. The fourth-order valence-corrected chi connectivity index (χ4v) is 5.07. The van der Waals surface area contributed by atoms with Gasteiger partial charge in [0.05, 0.1) is 29.0 Å². The molecule has 1 amide bonds. The number of imidazole rings is 1. The second-order valence-electron chi connectivity index (χ2n) is 8.06. The molecule has 34 heavy (non-hydrogen) atoms. The third-order valence-electron chi connectivity index (χ3n) is 5.96. The molecule has 1 aliphatic heterocycles. The van der Waals surface area contributed by atoms with E-state index in [0.29, 0.717) is 28.9 Å². The number of rotatable bonds is 8. The van der Waals surface area contributed by atoms with Crippen molar-refractivity contribution >= 4 is 39.2 Å². The van der Waals surface area contributed by atoms with Crippen LogP contribution in [-0.2, 0) is 11.3 Å². The number of anilines is 2. The summed E-state index contributed by atoms with van der Waals surface area (Å²) in [5, 5.41) is 6.82. The number of amides is 1. The molecule has 0 aliphatic carbocycles. The fraction of sp³-hybridized carbons (Fsp3) is 0.348. The van der Waals surface area contributed by atoms with Crippen LogP contribution < -0.4 is 10.6 Å². The quantitative estimate of drug-likeness (QED) is 0.398. The predicted molar refractivity (Wildman–Crippen MR) is 129 cm³/mol. The molecule has 5 heterocycles. The number of pyridine rings is 2. The smallest absolute Gasteiger partial charge is 0.237 e. The first-order chi connectivity index (χ1) is 16.6. The minimum Gasteiger partial charge on any atom is -0.353 e. The summed E-state index contributed by atoms with van der Waals surface area (Å²) in [5.41, 5.74) is 1.94. The maximum absolute atomic E-state index is 14.0. The summed E-state index contributed by atoms with van der Waals surface area (Å²) < 4.78 is 16.0. The number of carbonyl (C=O) groups excluding carboxylic acids is 1. The Hall–Kier alpha value is -3.44. The molecule has 5 rings (SSSR count). The van der Waals surface area contributed by atoms with Gasteiger partial charge in [-0.2, -0.15) is 0 Å². The number of fused-ring (bicyclic) bond motifs is 1. The van der Waals surface area contributed by atoms with Gasteiger partial charge in [0.25, 0.3) is 0 Å². The van der Waals surface area contributed by atoms with Crippen LogP contribution in [0.3, 0.4) is 0 Å². The molecule has 11 heteroatoms. The summed E-state index contributed by atoms with van der Waals surface area (Å²) in [6.45, 7) is 5.09. The van der Waals surface area contributed by atoms with Crippen molar-refractivity contribution in [2.24, 2.45) is 0 Å². The monoisotopic (exact) mass is 480 g/mol. The highest BCUT2D eigenvalue weighted by Gasteiger charge is 2.28. The summed E-state index contributed by atoms with van der Waals surface area (Å²) in [4.78, 5) is 32.7. The molecule has 1 atom stereocenters. The number of thiazole rings is 1. The van der Waals surface area contributed by atoms with E-state index in [1.165, 1.54) is 17.4 Å². The zero-order valence-corrected chi connectivity index (χ0v) is 19.6. The van der Waals surface area contributed by atoms with Crippen LogP contribution in [0, 0.1) is 5.82 Å². The fourth-order valence-electron chi connectivity index (χ4n) is 4.24. The number of carbonyl (C=O) groups is 1. The molecule has 0 saturated carbocycles. The number of nitrogens with one attached hydrogen (secondary N) is 2. The number of aromatic nitrogens is 5. The van der Waals surface area contributed by atoms with E-state index in [-0.39, 0.29) is 23.5 Å². The average molecular weight is 481 g/mol. The van der Waals surface area contributed by atoms with Crippen LogP contribution >= 0.6 is 11.3 Å². The third kappa shape index (κ3) is 4.62. The summed E-state index contributed by atoms with van der Waals surface area (Å²) in [7, 11) is 0. The zero-order chi connectivity index (χ0) is 23.5. The lowest BCUT2D eigenvalue weighted by Crippen LogP contribution is -2.43. The van der Waals surface area contributed by atoms with E-state index in [2.05, 4.69) is 42.4 Å². The molecule has 4 aromatic heterocycles. The molecule has 0 spiro atoms. The number of hydrogen-bond acceptors (Lipinski definition) is 8.